The van der Waals surface area contributed by atoms with Gasteiger partial charge in [-0.2, -0.15) is 0 Å². The highest BCUT2D eigenvalue weighted by Crippen LogP contribution is 2.24. The Morgan fingerprint density at radius 1 is 1.57 bits per heavy atom. The molecule has 0 saturated heterocycles. The fourth-order valence-electron chi connectivity index (χ4n) is 1.01. The SMILES string of the molecule is Cc1ccc(NC(=O)O)c([N+](=O)[O-])c1. The molecule has 14 heavy (non-hydrogen) atoms. The van der Waals surface area contributed by atoms with Crippen molar-refractivity contribution in [2.75, 3.05) is 5.32 Å². The third kappa shape index (κ3) is 2.19. The predicted octanol–water partition coefficient (Wildman–Crippen LogP) is 1.99. The van der Waals surface area contributed by atoms with Crippen LogP contribution in [0.4, 0.5) is 16.2 Å². The zero-order valence-electron chi connectivity index (χ0n) is 7.35. The second kappa shape index (κ2) is 3.73. The fraction of sp³-hybridized carbons (Fsp3) is 0.125. The summed E-state index contributed by atoms with van der Waals surface area (Å²) in [6.45, 7) is 1.69. The highest BCUT2D eigenvalue weighted by molar-refractivity contribution is 5.86. The average Bonchev–Trinajstić information content (AvgIpc) is 2.07. The fourth-order valence-corrected chi connectivity index (χ4v) is 1.01. The highest BCUT2D eigenvalue weighted by Gasteiger charge is 2.14. The topological polar surface area (TPSA) is 92.5 Å². The van der Waals surface area contributed by atoms with Crippen molar-refractivity contribution < 1.29 is 14.8 Å². The molecule has 1 aromatic carbocycles. The molecule has 74 valence electrons. The molecule has 1 rings (SSSR count). The number of carboxylic acid groups (broad SMARTS) is 1. The molecule has 0 bridgehead atoms. The predicted molar refractivity (Wildman–Crippen MR) is 49.5 cm³/mol. The van der Waals surface area contributed by atoms with Gasteiger partial charge in [-0.05, 0) is 18.6 Å². The van der Waals surface area contributed by atoms with Crippen LogP contribution in [0.3, 0.4) is 0 Å². The third-order valence-corrected chi connectivity index (χ3v) is 1.59. The van der Waals surface area contributed by atoms with Crippen molar-refractivity contribution in [3.8, 4) is 0 Å². The van der Waals surface area contributed by atoms with Crippen LogP contribution in [0.2, 0.25) is 0 Å². The van der Waals surface area contributed by atoms with E-state index in [0.29, 0.717) is 5.56 Å². The van der Waals surface area contributed by atoms with Crippen LogP contribution in [0.15, 0.2) is 18.2 Å². The number of rotatable bonds is 2. The van der Waals surface area contributed by atoms with Crippen LogP contribution in [0, 0.1) is 17.0 Å². The number of anilines is 1. The van der Waals surface area contributed by atoms with Gasteiger partial charge in [-0.15, -0.1) is 0 Å². The summed E-state index contributed by atoms with van der Waals surface area (Å²) in [5.74, 6) is 0. The Morgan fingerprint density at radius 2 is 2.21 bits per heavy atom. The van der Waals surface area contributed by atoms with Crippen molar-refractivity contribution in [3.05, 3.63) is 33.9 Å². The van der Waals surface area contributed by atoms with Crippen molar-refractivity contribution in [1.29, 1.82) is 0 Å². The average molecular weight is 196 g/mol. The lowest BCUT2D eigenvalue weighted by Crippen LogP contribution is -2.09. The summed E-state index contributed by atoms with van der Waals surface area (Å²) in [4.78, 5) is 20.2. The molecule has 0 aliphatic carbocycles. The first-order valence-electron chi connectivity index (χ1n) is 3.75. The number of amides is 1. The Morgan fingerprint density at radius 3 is 2.71 bits per heavy atom. The molecule has 0 radical (unpaired) electrons. The Balaban J connectivity index is 3.14. The lowest BCUT2D eigenvalue weighted by atomic mass is 10.2. The molecule has 0 atom stereocenters. The summed E-state index contributed by atoms with van der Waals surface area (Å²) in [5, 5.41) is 20.9. The molecular weight excluding hydrogens is 188 g/mol. The molecule has 6 nitrogen and oxygen atoms in total. The second-order valence-corrected chi connectivity index (χ2v) is 2.71. The Hall–Kier alpha value is -2.11. The minimum Gasteiger partial charge on any atom is -0.465 e. The van der Waals surface area contributed by atoms with E-state index < -0.39 is 11.0 Å². The summed E-state index contributed by atoms with van der Waals surface area (Å²) in [6, 6.07) is 4.27. The minimum absolute atomic E-state index is 0.0203. The van der Waals surface area contributed by atoms with Gasteiger partial charge < -0.3 is 5.11 Å². The quantitative estimate of drug-likeness (QED) is 0.558. The number of nitro groups is 1. The summed E-state index contributed by atoms with van der Waals surface area (Å²) >= 11 is 0. The summed E-state index contributed by atoms with van der Waals surface area (Å²) in [6.07, 6.45) is -1.32. The van der Waals surface area contributed by atoms with Crippen LogP contribution >= 0.6 is 0 Å². The van der Waals surface area contributed by atoms with Gasteiger partial charge in [0.2, 0.25) is 0 Å². The van der Waals surface area contributed by atoms with E-state index in [0.717, 1.165) is 0 Å². The molecule has 0 saturated carbocycles. The number of hydrogen-bond donors (Lipinski definition) is 2. The zero-order valence-corrected chi connectivity index (χ0v) is 7.35. The number of nitrogens with zero attached hydrogens (tertiary/aromatic N) is 1. The summed E-state index contributed by atoms with van der Waals surface area (Å²) < 4.78 is 0. The summed E-state index contributed by atoms with van der Waals surface area (Å²) in [5.41, 5.74) is 0.438. The lowest BCUT2D eigenvalue weighted by molar-refractivity contribution is -0.384. The first-order valence-corrected chi connectivity index (χ1v) is 3.75. The normalized spacial score (nSPS) is 9.50. The molecular formula is C8H8N2O4. The summed E-state index contributed by atoms with van der Waals surface area (Å²) in [7, 11) is 0. The van der Waals surface area contributed by atoms with Crippen molar-refractivity contribution in [1.82, 2.24) is 0 Å². The zero-order chi connectivity index (χ0) is 10.7. The van der Waals surface area contributed by atoms with E-state index in [4.69, 9.17) is 5.11 Å². The van der Waals surface area contributed by atoms with Gasteiger partial charge in [0, 0.05) is 6.07 Å². The second-order valence-electron chi connectivity index (χ2n) is 2.71. The van der Waals surface area contributed by atoms with Crippen LogP contribution in [0.1, 0.15) is 5.56 Å². The van der Waals surface area contributed by atoms with E-state index in [1.807, 2.05) is 5.32 Å². The lowest BCUT2D eigenvalue weighted by Gasteiger charge is -2.02. The molecule has 0 fully saturated rings. The van der Waals surface area contributed by atoms with Gasteiger partial charge in [0.25, 0.3) is 5.69 Å². The first-order chi connectivity index (χ1) is 6.50. The van der Waals surface area contributed by atoms with Crippen molar-refractivity contribution in [2.45, 2.75) is 6.92 Å². The molecule has 1 amide bonds. The molecule has 0 spiro atoms. The van der Waals surface area contributed by atoms with Crippen molar-refractivity contribution in [3.63, 3.8) is 0 Å². The van der Waals surface area contributed by atoms with E-state index in [-0.39, 0.29) is 11.4 Å². The van der Waals surface area contributed by atoms with Crippen LogP contribution in [0.5, 0.6) is 0 Å². The maximum atomic E-state index is 10.5. The van der Waals surface area contributed by atoms with E-state index >= 15 is 0 Å². The van der Waals surface area contributed by atoms with Gasteiger partial charge >= 0.3 is 6.09 Å². The standard InChI is InChI=1S/C8H8N2O4/c1-5-2-3-6(9-8(11)12)7(4-5)10(13)14/h2-4,9H,1H3,(H,11,12). The van der Waals surface area contributed by atoms with Gasteiger partial charge in [-0.3, -0.25) is 15.4 Å². The van der Waals surface area contributed by atoms with E-state index in [1.54, 1.807) is 13.0 Å². The van der Waals surface area contributed by atoms with Crippen LogP contribution in [-0.4, -0.2) is 16.1 Å². The largest absolute Gasteiger partial charge is 0.465 e. The molecule has 0 aromatic heterocycles. The Labute approximate surface area is 79.3 Å². The highest BCUT2D eigenvalue weighted by atomic mass is 16.6. The molecule has 0 heterocycles. The van der Waals surface area contributed by atoms with Crippen LogP contribution in [0.25, 0.3) is 0 Å². The molecule has 6 heteroatoms. The number of aryl methyl sites for hydroxylation is 1. The minimum atomic E-state index is -1.32. The smallest absolute Gasteiger partial charge is 0.409 e. The van der Waals surface area contributed by atoms with Crippen LogP contribution < -0.4 is 5.32 Å². The van der Waals surface area contributed by atoms with Gasteiger partial charge in [0.1, 0.15) is 5.69 Å². The van der Waals surface area contributed by atoms with Gasteiger partial charge in [-0.25, -0.2) is 4.79 Å². The third-order valence-electron chi connectivity index (χ3n) is 1.59. The molecule has 2 N–H and O–H groups in total. The van der Waals surface area contributed by atoms with E-state index in [2.05, 4.69) is 0 Å². The van der Waals surface area contributed by atoms with Crippen molar-refractivity contribution in [2.24, 2.45) is 0 Å². The number of hydrogen-bond acceptors (Lipinski definition) is 3. The van der Waals surface area contributed by atoms with E-state index in [9.17, 15) is 14.9 Å². The maximum Gasteiger partial charge on any atom is 0.409 e. The van der Waals surface area contributed by atoms with E-state index in [1.165, 1.54) is 12.1 Å². The maximum absolute atomic E-state index is 10.5. The number of benzene rings is 1. The first kappa shape index (κ1) is 9.97. The Bertz CT molecular complexity index is 389. The van der Waals surface area contributed by atoms with Gasteiger partial charge in [-0.1, -0.05) is 6.07 Å². The van der Waals surface area contributed by atoms with Crippen LogP contribution in [-0.2, 0) is 0 Å². The molecule has 1 aromatic rings. The van der Waals surface area contributed by atoms with Gasteiger partial charge in [0.05, 0.1) is 4.92 Å². The Kier molecular flexibility index (Phi) is 2.66. The number of nitrogens with one attached hydrogen (secondary N) is 1. The molecule has 0 aliphatic heterocycles. The number of nitro benzene ring substituents is 1. The molecule has 0 aliphatic rings. The molecule has 0 unspecified atom stereocenters. The van der Waals surface area contributed by atoms with Crippen molar-refractivity contribution >= 4 is 17.5 Å². The van der Waals surface area contributed by atoms with Gasteiger partial charge in [0.15, 0.2) is 0 Å². The number of carbonyl (C=O) groups is 1. The monoisotopic (exact) mass is 196 g/mol.